The second kappa shape index (κ2) is 16.2. The molecule has 5 atom stereocenters. The molecule has 0 radical (unpaired) electrons. The molecular formula is C40H72O12S4. The van der Waals surface area contributed by atoms with Crippen LogP contribution in [-0.2, 0) is 57.2 Å². The van der Waals surface area contributed by atoms with E-state index in [1.54, 1.807) is 58.9 Å². The highest BCUT2D eigenvalue weighted by molar-refractivity contribution is 7.89. The van der Waals surface area contributed by atoms with Crippen molar-refractivity contribution in [2.75, 3.05) is 0 Å². The van der Waals surface area contributed by atoms with Crippen LogP contribution in [0.1, 0.15) is 143 Å². The Balaban J connectivity index is 0.000000374. The highest BCUT2D eigenvalue weighted by Gasteiger charge is 2.66. The summed E-state index contributed by atoms with van der Waals surface area (Å²) in [4.78, 5) is 0. The first-order valence-corrected chi connectivity index (χ1v) is 24.5. The zero-order valence-electron chi connectivity index (χ0n) is 36.9. The highest BCUT2D eigenvalue weighted by Crippen LogP contribution is 2.57. The van der Waals surface area contributed by atoms with Gasteiger partial charge in [0.15, 0.2) is 0 Å². The Morgan fingerprint density at radius 2 is 1.02 bits per heavy atom. The predicted octanol–water partition coefficient (Wildman–Crippen LogP) is 8.53. The fourth-order valence-electron chi connectivity index (χ4n) is 7.68. The van der Waals surface area contributed by atoms with Crippen LogP contribution in [0.15, 0.2) is 50.6 Å². The quantitative estimate of drug-likeness (QED) is 0.168. The van der Waals surface area contributed by atoms with E-state index in [0.717, 1.165) is 0 Å². The molecule has 4 heterocycles. The van der Waals surface area contributed by atoms with Crippen molar-refractivity contribution >= 4 is 40.5 Å². The summed E-state index contributed by atoms with van der Waals surface area (Å²) in [6, 6.07) is 0. The first-order valence-electron chi connectivity index (χ1n) is 18.8. The molecule has 56 heavy (non-hydrogen) atoms. The zero-order valence-corrected chi connectivity index (χ0v) is 40.1. The van der Waals surface area contributed by atoms with Gasteiger partial charge in [0.2, 0.25) is 0 Å². The molecular weight excluding hydrogens is 801 g/mol. The molecule has 0 spiro atoms. The first kappa shape index (κ1) is 52.6. The Hall–Kier alpha value is -1.40. The minimum absolute atomic E-state index is 0.0435. The lowest BCUT2D eigenvalue weighted by atomic mass is 9.67. The molecule has 0 bridgehead atoms. The van der Waals surface area contributed by atoms with Gasteiger partial charge in [-0.25, -0.2) is 0 Å². The van der Waals surface area contributed by atoms with Crippen molar-refractivity contribution in [1.82, 2.24) is 0 Å². The average molecular weight is 873 g/mol. The largest absolute Gasteiger partial charge is 0.274 e. The normalized spacial score (nSPS) is 36.1. The minimum Gasteiger partial charge on any atom is -0.264 e. The van der Waals surface area contributed by atoms with Crippen LogP contribution >= 0.6 is 0 Å². The van der Waals surface area contributed by atoms with Crippen LogP contribution in [0, 0.1) is 16.7 Å². The van der Waals surface area contributed by atoms with E-state index in [4.69, 9.17) is 16.7 Å². The molecule has 4 saturated heterocycles. The van der Waals surface area contributed by atoms with Crippen LogP contribution in [0.5, 0.6) is 0 Å². The molecule has 0 aromatic rings. The van der Waals surface area contributed by atoms with E-state index in [2.05, 4.69) is 26.3 Å². The Kier molecular flexibility index (Phi) is 15.2. The van der Waals surface area contributed by atoms with Gasteiger partial charge < -0.3 is 0 Å². The SMILES string of the molecule is C=CCC1(C)C(C)(C)C(C)(C)OS1(=O)=O.C=CCC1(C)C(C)C(C)(C)OS1(=O)=O.C=CCC1(C)CC(C)(C)OS1(=O)=O.C=CCC1C(C)(C)C(C)(C)OS1(=O)=O. The van der Waals surface area contributed by atoms with Crippen molar-refractivity contribution in [3.05, 3.63) is 50.6 Å². The van der Waals surface area contributed by atoms with Crippen molar-refractivity contribution in [3.8, 4) is 0 Å². The number of rotatable bonds is 8. The van der Waals surface area contributed by atoms with Gasteiger partial charge in [0.25, 0.3) is 40.5 Å². The Morgan fingerprint density at radius 1 is 0.554 bits per heavy atom. The molecule has 0 aromatic carbocycles. The fraction of sp³-hybridized carbons (Fsp3) is 0.800. The fourth-order valence-corrected chi connectivity index (χ4v) is 15.7. The maximum absolute atomic E-state index is 12.0. The van der Waals surface area contributed by atoms with Crippen molar-refractivity contribution in [3.63, 3.8) is 0 Å². The van der Waals surface area contributed by atoms with Crippen LogP contribution < -0.4 is 0 Å². The standard InChI is InChI=1S/C11H20O3S.2C10H18O3S.C9H16O3S/c1-7-8-11(6)9(2,3)10(4,5)14-15(11,12)13;1-6-7-8-9(2,3)10(4,5)13-14(8,11)12;1-6-7-10(5)8(2)9(3,4)13-14(10,11)12;1-5-6-9(4)7-8(2,3)12-13(9,10)11/h7H,1,8H2,2-6H3;2*6,8H,1,7H2,2-5H3;5H,1,6-7H2,2-4H3. The molecule has 328 valence electrons. The van der Waals surface area contributed by atoms with E-state index < -0.39 is 87.8 Å². The molecule has 0 aliphatic carbocycles. The van der Waals surface area contributed by atoms with Gasteiger partial charge in [0.1, 0.15) is 14.2 Å². The van der Waals surface area contributed by atoms with E-state index in [1.807, 2.05) is 76.2 Å². The molecule has 0 saturated carbocycles. The predicted molar refractivity (Wildman–Crippen MR) is 226 cm³/mol. The van der Waals surface area contributed by atoms with Crippen LogP contribution in [0.3, 0.4) is 0 Å². The third kappa shape index (κ3) is 9.47. The molecule has 4 aliphatic heterocycles. The molecule has 0 N–H and O–H groups in total. The molecule has 0 aromatic heterocycles. The third-order valence-corrected chi connectivity index (χ3v) is 22.4. The molecule has 4 aliphatic rings. The highest BCUT2D eigenvalue weighted by atomic mass is 32.2. The van der Waals surface area contributed by atoms with E-state index in [0.29, 0.717) is 32.1 Å². The van der Waals surface area contributed by atoms with Crippen molar-refractivity contribution in [1.29, 1.82) is 0 Å². The molecule has 4 fully saturated rings. The van der Waals surface area contributed by atoms with Gasteiger partial charge in [-0.2, -0.15) is 33.7 Å². The maximum atomic E-state index is 12.0. The van der Waals surface area contributed by atoms with Gasteiger partial charge >= 0.3 is 0 Å². The second-order valence-corrected chi connectivity index (χ2v) is 27.1. The Labute approximate surface area is 341 Å². The molecule has 12 nitrogen and oxygen atoms in total. The van der Waals surface area contributed by atoms with Gasteiger partial charge in [0, 0.05) is 16.7 Å². The van der Waals surface area contributed by atoms with Gasteiger partial charge in [-0.3, -0.25) is 16.7 Å². The summed E-state index contributed by atoms with van der Waals surface area (Å²) in [6.45, 7) is 43.6. The van der Waals surface area contributed by atoms with Crippen molar-refractivity contribution in [2.45, 2.75) is 185 Å². The summed E-state index contributed by atoms with van der Waals surface area (Å²) >= 11 is 0. The van der Waals surface area contributed by atoms with Crippen molar-refractivity contribution < 1.29 is 50.4 Å². The molecule has 4 rings (SSSR count). The van der Waals surface area contributed by atoms with Gasteiger partial charge in [-0.15, -0.1) is 26.3 Å². The zero-order chi connectivity index (χ0) is 44.8. The van der Waals surface area contributed by atoms with E-state index >= 15 is 0 Å². The van der Waals surface area contributed by atoms with E-state index in [-0.39, 0.29) is 11.3 Å². The second-order valence-electron chi connectivity index (χ2n) is 19.3. The van der Waals surface area contributed by atoms with Gasteiger partial charge in [-0.1, -0.05) is 58.9 Å². The maximum Gasteiger partial charge on any atom is 0.274 e. The summed E-state index contributed by atoms with van der Waals surface area (Å²) in [5, 5.41) is -0.484. The smallest absolute Gasteiger partial charge is 0.264 e. The summed E-state index contributed by atoms with van der Waals surface area (Å²) in [7, 11) is -13.9. The molecule has 5 unspecified atom stereocenters. The van der Waals surface area contributed by atoms with Crippen molar-refractivity contribution in [2.24, 2.45) is 16.7 Å². The monoisotopic (exact) mass is 872 g/mol. The molecule has 0 amide bonds. The van der Waals surface area contributed by atoms with Crippen LogP contribution in [0.4, 0.5) is 0 Å². The summed E-state index contributed by atoms with van der Waals surface area (Å²) < 4.78 is 112. The number of hydrogen-bond acceptors (Lipinski definition) is 12. The Bertz CT molecular complexity index is 1940. The average Bonchev–Trinajstić information content (AvgIpc) is 3.32. The van der Waals surface area contributed by atoms with Crippen LogP contribution in [0.2, 0.25) is 0 Å². The van der Waals surface area contributed by atoms with Crippen LogP contribution in [-0.4, -0.2) is 75.6 Å². The van der Waals surface area contributed by atoms with Gasteiger partial charge in [-0.05, 0) is 108 Å². The number of allylic oxidation sites excluding steroid dienone is 4. The summed E-state index contributed by atoms with van der Waals surface area (Å²) in [6.07, 6.45) is 8.79. The minimum atomic E-state index is -3.54. The summed E-state index contributed by atoms with van der Waals surface area (Å²) in [5.41, 5.74) is -3.34. The first-order chi connectivity index (χ1) is 24.6. The van der Waals surface area contributed by atoms with E-state index in [1.165, 1.54) is 0 Å². The lowest BCUT2D eigenvalue weighted by Gasteiger charge is -2.40. The molecule has 16 heteroatoms. The van der Waals surface area contributed by atoms with Gasteiger partial charge in [0.05, 0.1) is 27.7 Å². The number of hydrogen-bond donors (Lipinski definition) is 0. The van der Waals surface area contributed by atoms with E-state index in [9.17, 15) is 33.7 Å². The lowest BCUT2D eigenvalue weighted by molar-refractivity contribution is 0.0175. The topological polar surface area (TPSA) is 173 Å². The lowest BCUT2D eigenvalue weighted by Crippen LogP contribution is -2.48. The van der Waals surface area contributed by atoms with Crippen LogP contribution in [0.25, 0.3) is 0 Å². The third-order valence-electron chi connectivity index (χ3n) is 13.4. The Morgan fingerprint density at radius 3 is 1.30 bits per heavy atom. The summed E-state index contributed by atoms with van der Waals surface area (Å²) in [5.74, 6) is -0.0435.